The van der Waals surface area contributed by atoms with Crippen LogP contribution in [-0.2, 0) is 9.47 Å². The van der Waals surface area contributed by atoms with Crippen molar-refractivity contribution >= 4 is 5.82 Å². The van der Waals surface area contributed by atoms with Crippen molar-refractivity contribution in [3.8, 4) is 17.1 Å². The van der Waals surface area contributed by atoms with E-state index in [2.05, 4.69) is 15.5 Å². The summed E-state index contributed by atoms with van der Waals surface area (Å²) in [6, 6.07) is 9.70. The number of nitrogens with zero attached hydrogens (tertiary/aromatic N) is 3. The van der Waals surface area contributed by atoms with E-state index >= 15 is 0 Å². The second-order valence-electron chi connectivity index (χ2n) is 9.85. The number of rotatable bonds is 12. The first-order valence-electron chi connectivity index (χ1n) is 13.3. The molecule has 2 saturated heterocycles. The quantitative estimate of drug-likeness (QED) is 0.311. The molecule has 0 aliphatic carbocycles. The molecule has 37 heavy (non-hydrogen) atoms. The first-order chi connectivity index (χ1) is 18.0. The van der Waals surface area contributed by atoms with Crippen LogP contribution in [0.15, 0.2) is 30.3 Å². The van der Waals surface area contributed by atoms with Crippen LogP contribution >= 0.6 is 0 Å². The smallest absolute Gasteiger partial charge is 0.162 e. The van der Waals surface area contributed by atoms with Crippen molar-refractivity contribution in [2.45, 2.75) is 44.1 Å². The molecule has 3 heterocycles. The third-order valence-corrected chi connectivity index (χ3v) is 7.03. The molecule has 1 aromatic carbocycles. The molecular weight excluding hydrogens is 474 g/mol. The van der Waals surface area contributed by atoms with Gasteiger partial charge in [0, 0.05) is 64.2 Å². The number of aliphatic hydroxyl groups is 2. The van der Waals surface area contributed by atoms with Gasteiger partial charge in [-0.05, 0) is 50.8 Å². The monoisotopic (exact) mass is 515 g/mol. The zero-order chi connectivity index (χ0) is 26.0. The molecule has 10 heteroatoms. The molecule has 204 valence electrons. The van der Waals surface area contributed by atoms with Crippen molar-refractivity contribution < 1.29 is 24.4 Å². The van der Waals surface area contributed by atoms with Gasteiger partial charge in [0.1, 0.15) is 30.5 Å². The molecular formula is C27H41N5O5. The predicted octanol–water partition coefficient (Wildman–Crippen LogP) is 1.72. The Labute approximate surface area is 219 Å². The second-order valence-corrected chi connectivity index (χ2v) is 9.85. The number of aliphatic hydroxyl groups excluding tert-OH is 2. The Hall–Kier alpha value is -2.34. The van der Waals surface area contributed by atoms with Gasteiger partial charge in [-0.1, -0.05) is 12.1 Å². The van der Waals surface area contributed by atoms with Gasteiger partial charge in [0.05, 0.1) is 5.69 Å². The van der Waals surface area contributed by atoms with Crippen LogP contribution in [0.1, 0.15) is 37.6 Å². The zero-order valence-corrected chi connectivity index (χ0v) is 21.9. The van der Waals surface area contributed by atoms with Crippen LogP contribution in [0.25, 0.3) is 11.4 Å². The Morgan fingerprint density at radius 2 is 1.78 bits per heavy atom. The Bertz CT molecular complexity index is 968. The largest absolute Gasteiger partial charge is 0.491 e. The number of aromatic nitrogens is 2. The molecule has 0 saturated carbocycles. The van der Waals surface area contributed by atoms with Gasteiger partial charge in [-0.15, -0.1) is 0 Å². The normalized spacial score (nSPS) is 18.9. The van der Waals surface area contributed by atoms with Gasteiger partial charge in [0.25, 0.3) is 0 Å². The molecule has 4 rings (SSSR count). The molecule has 2 aromatic rings. The highest BCUT2D eigenvalue weighted by Gasteiger charge is 2.23. The predicted molar refractivity (Wildman–Crippen MR) is 142 cm³/mol. The molecule has 0 spiro atoms. The lowest BCUT2D eigenvalue weighted by Crippen LogP contribution is -2.37. The van der Waals surface area contributed by atoms with Gasteiger partial charge in [0.2, 0.25) is 0 Å². The third-order valence-electron chi connectivity index (χ3n) is 7.03. The summed E-state index contributed by atoms with van der Waals surface area (Å²) in [7, 11) is 3.83. The lowest BCUT2D eigenvalue weighted by molar-refractivity contribution is 0.0563. The minimum Gasteiger partial charge on any atom is -0.491 e. The lowest BCUT2D eigenvalue weighted by Gasteiger charge is -2.32. The fourth-order valence-electron chi connectivity index (χ4n) is 4.71. The maximum atomic E-state index is 11.1. The zero-order valence-electron chi connectivity index (χ0n) is 21.9. The average molecular weight is 516 g/mol. The van der Waals surface area contributed by atoms with Crippen molar-refractivity contribution in [1.29, 1.82) is 0 Å². The van der Waals surface area contributed by atoms with E-state index in [4.69, 9.17) is 24.2 Å². The molecule has 2 atom stereocenters. The fraction of sp³-hybridized carbons (Fsp3) is 0.630. The summed E-state index contributed by atoms with van der Waals surface area (Å²) in [4.78, 5) is 11.8. The Balaban J connectivity index is 1.56. The SMILES string of the molecule is CNCC(O)COc1cccc(-c2nc(C(O)NCC3CCOCC3)cc(N(C)C3CCOCC3)n2)c1. The van der Waals surface area contributed by atoms with Gasteiger partial charge in [0.15, 0.2) is 5.82 Å². The summed E-state index contributed by atoms with van der Waals surface area (Å²) in [5.74, 6) is 2.37. The van der Waals surface area contributed by atoms with E-state index in [1.165, 1.54) is 0 Å². The van der Waals surface area contributed by atoms with Crippen LogP contribution in [-0.4, -0.2) is 92.5 Å². The van der Waals surface area contributed by atoms with Gasteiger partial charge in [-0.3, -0.25) is 5.32 Å². The summed E-state index contributed by atoms with van der Waals surface area (Å²) in [6.07, 6.45) is 2.31. The van der Waals surface area contributed by atoms with E-state index in [0.717, 1.165) is 63.5 Å². The van der Waals surface area contributed by atoms with Crippen LogP contribution < -0.4 is 20.3 Å². The van der Waals surface area contributed by atoms with E-state index in [-0.39, 0.29) is 6.61 Å². The molecule has 2 fully saturated rings. The van der Waals surface area contributed by atoms with Crippen molar-refractivity contribution in [3.05, 3.63) is 36.0 Å². The summed E-state index contributed by atoms with van der Waals surface area (Å²) >= 11 is 0. The average Bonchev–Trinajstić information content (AvgIpc) is 2.95. The third kappa shape index (κ3) is 8.07. The van der Waals surface area contributed by atoms with Crippen LogP contribution in [0.3, 0.4) is 0 Å². The Kier molecular flexibility index (Phi) is 10.5. The number of nitrogens with one attached hydrogen (secondary N) is 2. The summed E-state index contributed by atoms with van der Waals surface area (Å²) < 4.78 is 16.8. The molecule has 0 radical (unpaired) electrons. The number of anilines is 1. The lowest BCUT2D eigenvalue weighted by atomic mass is 10.0. The number of likely N-dealkylation sites (N-methyl/N-ethyl adjacent to an activating group) is 1. The van der Waals surface area contributed by atoms with Gasteiger partial charge in [-0.2, -0.15) is 0 Å². The first kappa shape index (κ1) is 27.7. The Morgan fingerprint density at radius 1 is 1.05 bits per heavy atom. The highest BCUT2D eigenvalue weighted by molar-refractivity contribution is 5.60. The number of ether oxygens (including phenoxy) is 3. The number of benzene rings is 1. The molecule has 2 aliphatic heterocycles. The molecule has 0 bridgehead atoms. The molecule has 1 aromatic heterocycles. The van der Waals surface area contributed by atoms with Crippen molar-refractivity contribution in [1.82, 2.24) is 20.6 Å². The van der Waals surface area contributed by atoms with E-state index in [1.807, 2.05) is 37.4 Å². The van der Waals surface area contributed by atoms with E-state index < -0.39 is 12.3 Å². The van der Waals surface area contributed by atoms with Gasteiger partial charge in [-0.25, -0.2) is 9.97 Å². The first-order valence-corrected chi connectivity index (χ1v) is 13.3. The van der Waals surface area contributed by atoms with Crippen LogP contribution in [0, 0.1) is 5.92 Å². The topological polar surface area (TPSA) is 121 Å². The number of hydrogen-bond donors (Lipinski definition) is 4. The van der Waals surface area contributed by atoms with Gasteiger partial charge < -0.3 is 34.6 Å². The summed E-state index contributed by atoms with van der Waals surface area (Å²) in [6.45, 7) is 4.33. The Morgan fingerprint density at radius 3 is 2.51 bits per heavy atom. The van der Waals surface area contributed by atoms with Crippen molar-refractivity contribution in [3.63, 3.8) is 0 Å². The molecule has 2 unspecified atom stereocenters. The van der Waals surface area contributed by atoms with E-state index in [0.29, 0.717) is 42.3 Å². The van der Waals surface area contributed by atoms with Crippen LogP contribution in [0.2, 0.25) is 0 Å². The summed E-state index contributed by atoms with van der Waals surface area (Å²) in [5.41, 5.74) is 1.31. The van der Waals surface area contributed by atoms with Gasteiger partial charge >= 0.3 is 0 Å². The maximum absolute atomic E-state index is 11.1. The standard InChI is InChI=1S/C27H41N5O5/c1-28-17-22(33)18-37-23-5-3-4-20(14-23)26-30-24(27(34)29-16-19-6-10-35-11-7-19)15-25(31-26)32(2)21-8-12-36-13-9-21/h3-5,14-15,19,21-22,27-29,33-34H,6-13,16-18H2,1-2H3. The fourth-order valence-corrected chi connectivity index (χ4v) is 4.71. The second kappa shape index (κ2) is 14.0. The van der Waals surface area contributed by atoms with E-state index in [9.17, 15) is 10.2 Å². The van der Waals surface area contributed by atoms with Crippen LogP contribution in [0.5, 0.6) is 5.75 Å². The molecule has 10 nitrogen and oxygen atoms in total. The van der Waals surface area contributed by atoms with Crippen molar-refractivity contribution in [2.24, 2.45) is 5.92 Å². The maximum Gasteiger partial charge on any atom is 0.162 e. The highest BCUT2D eigenvalue weighted by atomic mass is 16.5. The molecule has 4 N–H and O–H groups in total. The van der Waals surface area contributed by atoms with E-state index in [1.54, 1.807) is 7.05 Å². The van der Waals surface area contributed by atoms with Crippen LogP contribution in [0.4, 0.5) is 5.82 Å². The highest BCUT2D eigenvalue weighted by Crippen LogP contribution is 2.27. The molecule has 2 aliphatic rings. The molecule has 0 amide bonds. The van der Waals surface area contributed by atoms with Crippen molar-refractivity contribution in [2.75, 3.05) is 65.1 Å². The minimum absolute atomic E-state index is 0.178. The minimum atomic E-state index is -0.914. The number of hydrogen-bond acceptors (Lipinski definition) is 10. The summed E-state index contributed by atoms with van der Waals surface area (Å²) in [5, 5.41) is 27.2.